The van der Waals surface area contributed by atoms with Crippen LogP contribution in [0.15, 0.2) is 103 Å². The molecule has 160 valence electrons. The summed E-state index contributed by atoms with van der Waals surface area (Å²) in [4.78, 5) is 19.3. The second kappa shape index (κ2) is 7.79. The summed E-state index contributed by atoms with van der Waals surface area (Å²) < 4.78 is 0. The van der Waals surface area contributed by atoms with E-state index in [0.717, 1.165) is 44.4 Å². The van der Waals surface area contributed by atoms with Gasteiger partial charge in [0.2, 0.25) is 0 Å². The molecule has 0 fully saturated rings. The van der Waals surface area contributed by atoms with E-state index in [1.807, 2.05) is 41.3 Å². The highest BCUT2D eigenvalue weighted by Crippen LogP contribution is 2.46. The Morgan fingerprint density at radius 2 is 1.48 bits per heavy atom. The number of H-pyrrole nitrogens is 1. The zero-order valence-corrected chi connectivity index (χ0v) is 18.5. The predicted molar refractivity (Wildman–Crippen MR) is 133 cm³/mol. The zero-order valence-electron chi connectivity index (χ0n) is 18.5. The number of benzene rings is 4. The molecular weight excluding hydrogens is 404 g/mol. The van der Waals surface area contributed by atoms with Crippen LogP contribution in [0.1, 0.15) is 38.7 Å². The topological polar surface area (TPSA) is 36.1 Å². The average Bonchev–Trinajstić information content (AvgIpc) is 3.36. The fourth-order valence-corrected chi connectivity index (χ4v) is 5.02. The minimum absolute atomic E-state index is 0.0830. The largest absolute Gasteiger partial charge is 0.354 e. The van der Waals surface area contributed by atoms with Crippen LogP contribution in [0.4, 0.5) is 0 Å². The first kappa shape index (κ1) is 19.6. The van der Waals surface area contributed by atoms with Gasteiger partial charge in [-0.1, -0.05) is 96.6 Å². The standard InChI is InChI=1S/C30H24N2O/c1-20-15-17-22(18-16-20)28-27(25-13-7-8-14-26(25)31-28)29-23-11-5-6-12-24(23)30(33)32(29)19-21-9-3-2-4-10-21/h2-18,29,31H,19H2,1H3/t29-/m1/s1. The maximum absolute atomic E-state index is 13.7. The molecule has 0 unspecified atom stereocenters. The van der Waals surface area contributed by atoms with Crippen LogP contribution in [0, 0.1) is 6.92 Å². The van der Waals surface area contributed by atoms with Crippen molar-refractivity contribution in [2.45, 2.75) is 19.5 Å². The van der Waals surface area contributed by atoms with E-state index >= 15 is 0 Å². The third-order valence-electron chi connectivity index (χ3n) is 6.61. The molecule has 0 aliphatic carbocycles. The number of fused-ring (bicyclic) bond motifs is 2. The minimum atomic E-state index is -0.165. The molecule has 4 aromatic carbocycles. The Bertz CT molecular complexity index is 1460. The third-order valence-corrected chi connectivity index (χ3v) is 6.61. The lowest BCUT2D eigenvalue weighted by Gasteiger charge is -2.27. The molecule has 6 rings (SSSR count). The van der Waals surface area contributed by atoms with Crippen molar-refractivity contribution in [3.63, 3.8) is 0 Å². The SMILES string of the molecule is Cc1ccc(-c2[nH]c3ccccc3c2[C@H]2c3ccccc3C(=O)N2Cc2ccccc2)cc1. The summed E-state index contributed by atoms with van der Waals surface area (Å²) in [5.74, 6) is 0.0830. The number of amides is 1. The van der Waals surface area contributed by atoms with Gasteiger partial charge in [-0.3, -0.25) is 4.79 Å². The van der Waals surface area contributed by atoms with Gasteiger partial charge in [0.25, 0.3) is 5.91 Å². The van der Waals surface area contributed by atoms with E-state index in [1.54, 1.807) is 0 Å². The van der Waals surface area contributed by atoms with Crippen molar-refractivity contribution in [2.75, 3.05) is 0 Å². The number of nitrogens with zero attached hydrogens (tertiary/aromatic N) is 1. The van der Waals surface area contributed by atoms with Gasteiger partial charge in [0, 0.05) is 28.6 Å². The summed E-state index contributed by atoms with van der Waals surface area (Å²) in [6, 6.07) is 35.1. The maximum Gasteiger partial charge on any atom is 0.255 e. The lowest BCUT2D eigenvalue weighted by atomic mass is 9.93. The zero-order chi connectivity index (χ0) is 22.4. The molecule has 0 bridgehead atoms. The van der Waals surface area contributed by atoms with Gasteiger partial charge in [-0.25, -0.2) is 0 Å². The number of carbonyl (C=O) groups excluding carboxylic acids is 1. The number of aromatic amines is 1. The van der Waals surface area contributed by atoms with Crippen molar-refractivity contribution in [2.24, 2.45) is 0 Å². The van der Waals surface area contributed by atoms with Crippen molar-refractivity contribution in [3.05, 3.63) is 131 Å². The highest BCUT2D eigenvalue weighted by Gasteiger charge is 2.40. The van der Waals surface area contributed by atoms with Gasteiger partial charge in [0.1, 0.15) is 0 Å². The van der Waals surface area contributed by atoms with E-state index < -0.39 is 0 Å². The molecule has 5 aromatic rings. The van der Waals surface area contributed by atoms with Crippen molar-refractivity contribution in [3.8, 4) is 11.3 Å². The number of rotatable bonds is 4. The normalized spacial score (nSPS) is 15.2. The van der Waals surface area contributed by atoms with Crippen molar-refractivity contribution in [1.29, 1.82) is 0 Å². The first-order valence-corrected chi connectivity index (χ1v) is 11.3. The number of nitrogens with one attached hydrogen (secondary N) is 1. The summed E-state index contributed by atoms with van der Waals surface area (Å²) in [5.41, 5.74) is 8.65. The predicted octanol–water partition coefficient (Wildman–Crippen LogP) is 6.89. The van der Waals surface area contributed by atoms with Crippen LogP contribution >= 0.6 is 0 Å². The molecule has 1 amide bonds. The molecule has 0 saturated heterocycles. The van der Waals surface area contributed by atoms with Crippen LogP contribution in [-0.4, -0.2) is 15.8 Å². The maximum atomic E-state index is 13.7. The van der Waals surface area contributed by atoms with Crippen molar-refractivity contribution < 1.29 is 4.79 Å². The molecule has 0 saturated carbocycles. The number of aromatic nitrogens is 1. The lowest BCUT2D eigenvalue weighted by Crippen LogP contribution is -2.28. The van der Waals surface area contributed by atoms with E-state index in [4.69, 9.17) is 0 Å². The Morgan fingerprint density at radius 1 is 0.788 bits per heavy atom. The molecule has 0 spiro atoms. The summed E-state index contributed by atoms with van der Waals surface area (Å²) in [6.45, 7) is 2.66. The van der Waals surface area contributed by atoms with Gasteiger partial charge in [-0.2, -0.15) is 0 Å². The van der Waals surface area contributed by atoms with Crippen LogP contribution in [0.2, 0.25) is 0 Å². The van der Waals surface area contributed by atoms with Crippen LogP contribution in [0.3, 0.4) is 0 Å². The molecular formula is C30H24N2O. The van der Waals surface area contributed by atoms with E-state index in [1.165, 1.54) is 5.56 Å². The average molecular weight is 429 g/mol. The number of para-hydroxylation sites is 1. The number of carbonyl (C=O) groups is 1. The Labute approximate surface area is 193 Å². The lowest BCUT2D eigenvalue weighted by molar-refractivity contribution is 0.0737. The monoisotopic (exact) mass is 428 g/mol. The molecule has 2 heterocycles. The van der Waals surface area contributed by atoms with Crippen LogP contribution in [0.25, 0.3) is 22.2 Å². The Hall–Kier alpha value is -4.11. The number of hydrogen-bond acceptors (Lipinski definition) is 1. The molecule has 1 aliphatic rings. The fraction of sp³-hybridized carbons (Fsp3) is 0.100. The highest BCUT2D eigenvalue weighted by atomic mass is 16.2. The summed E-state index contributed by atoms with van der Waals surface area (Å²) >= 11 is 0. The van der Waals surface area contributed by atoms with Crippen LogP contribution in [-0.2, 0) is 6.54 Å². The van der Waals surface area contributed by atoms with Gasteiger partial charge >= 0.3 is 0 Å². The first-order valence-electron chi connectivity index (χ1n) is 11.3. The van der Waals surface area contributed by atoms with Gasteiger partial charge in [0.15, 0.2) is 0 Å². The molecule has 0 radical (unpaired) electrons. The van der Waals surface area contributed by atoms with E-state index in [0.29, 0.717) is 6.54 Å². The van der Waals surface area contributed by atoms with Crippen molar-refractivity contribution in [1.82, 2.24) is 9.88 Å². The second-order valence-corrected chi connectivity index (χ2v) is 8.73. The highest BCUT2D eigenvalue weighted by molar-refractivity contribution is 6.02. The van der Waals surface area contributed by atoms with Gasteiger partial charge < -0.3 is 9.88 Å². The molecule has 1 aromatic heterocycles. The minimum Gasteiger partial charge on any atom is -0.354 e. The van der Waals surface area contributed by atoms with E-state index in [2.05, 4.69) is 78.6 Å². The van der Waals surface area contributed by atoms with Gasteiger partial charge in [-0.05, 0) is 35.7 Å². The second-order valence-electron chi connectivity index (χ2n) is 8.73. The smallest absolute Gasteiger partial charge is 0.255 e. The van der Waals surface area contributed by atoms with Gasteiger partial charge in [0.05, 0.1) is 11.7 Å². The Kier molecular flexibility index (Phi) is 4.62. The molecule has 3 nitrogen and oxygen atoms in total. The van der Waals surface area contributed by atoms with Crippen LogP contribution < -0.4 is 0 Å². The summed E-state index contributed by atoms with van der Waals surface area (Å²) in [6.07, 6.45) is 0. The summed E-state index contributed by atoms with van der Waals surface area (Å²) in [7, 11) is 0. The number of hydrogen-bond donors (Lipinski definition) is 1. The Morgan fingerprint density at radius 3 is 2.30 bits per heavy atom. The molecule has 1 N–H and O–H groups in total. The molecule has 3 heteroatoms. The Balaban J connectivity index is 1.60. The van der Waals surface area contributed by atoms with Crippen LogP contribution in [0.5, 0.6) is 0 Å². The fourth-order valence-electron chi connectivity index (χ4n) is 5.02. The van der Waals surface area contributed by atoms with Crippen molar-refractivity contribution >= 4 is 16.8 Å². The molecule has 33 heavy (non-hydrogen) atoms. The summed E-state index contributed by atoms with van der Waals surface area (Å²) in [5, 5.41) is 1.15. The van der Waals surface area contributed by atoms with Gasteiger partial charge in [-0.15, -0.1) is 0 Å². The van der Waals surface area contributed by atoms with E-state index in [9.17, 15) is 4.79 Å². The molecule has 1 aliphatic heterocycles. The number of aryl methyl sites for hydroxylation is 1. The molecule has 1 atom stereocenters. The van der Waals surface area contributed by atoms with E-state index in [-0.39, 0.29) is 11.9 Å². The third kappa shape index (κ3) is 3.25. The quantitative estimate of drug-likeness (QED) is 0.332. The first-order chi connectivity index (χ1) is 16.2.